The summed E-state index contributed by atoms with van der Waals surface area (Å²) in [4.78, 5) is 0. The molecule has 31 nitrogen and oxygen atoms in total. The molecule has 0 aromatic rings. The maximum atomic E-state index is 11.7. The van der Waals surface area contributed by atoms with Crippen LogP contribution in [0.2, 0.25) is 0 Å². The second-order valence-electron chi connectivity index (χ2n) is 17.1. The molecule has 67 heavy (non-hydrogen) atoms. The van der Waals surface area contributed by atoms with Crippen LogP contribution in [0.3, 0.4) is 0 Å². The number of aliphatic hydroxyl groups is 20. The Labute approximate surface area is 378 Å². The van der Waals surface area contributed by atoms with Gasteiger partial charge < -0.3 is 154 Å². The number of hydrogen-bond acceptors (Lipinski definition) is 31. The topological polar surface area (TPSA) is 506 Å². The number of ether oxygens (including phenoxy) is 11. The first-order valence-corrected chi connectivity index (χ1v) is 21.0. The van der Waals surface area contributed by atoms with Gasteiger partial charge in [0.1, 0.15) is 149 Å². The van der Waals surface area contributed by atoms with Crippen LogP contribution in [-0.2, 0) is 52.1 Å². The molecule has 0 radical (unpaired) electrons. The largest absolute Gasteiger partial charge is 0.394 e. The first kappa shape index (κ1) is 55.1. The zero-order valence-electron chi connectivity index (χ0n) is 35.3. The Morgan fingerprint density at radius 1 is 0.313 bits per heavy atom. The van der Waals surface area contributed by atoms with Gasteiger partial charge in [0.05, 0.1) is 39.6 Å². The van der Waals surface area contributed by atoms with Crippen LogP contribution in [0.4, 0.5) is 0 Å². The summed E-state index contributed by atoms with van der Waals surface area (Å²) in [7, 11) is 0. The molecular weight excluding hydrogens is 928 g/mol. The summed E-state index contributed by atoms with van der Waals surface area (Å²) in [6.45, 7) is -11.8. The van der Waals surface area contributed by atoms with Crippen molar-refractivity contribution in [3.8, 4) is 0 Å². The Bertz CT molecular complexity index is 1590. The smallest absolute Gasteiger partial charge is 0.224 e. The quantitative estimate of drug-likeness (QED) is 0.0508. The van der Waals surface area contributed by atoms with E-state index in [2.05, 4.69) is 0 Å². The molecule has 25 unspecified atom stereocenters. The summed E-state index contributed by atoms with van der Waals surface area (Å²) in [5.74, 6) is -13.4. The first-order chi connectivity index (χ1) is 31.6. The van der Waals surface area contributed by atoms with Gasteiger partial charge in [-0.25, -0.2) is 0 Å². The highest BCUT2D eigenvalue weighted by molar-refractivity contribution is 5.05. The molecule has 392 valence electrons. The number of aliphatic hydroxyl groups excluding tert-OH is 20. The van der Waals surface area contributed by atoms with Crippen LogP contribution in [0.1, 0.15) is 0 Å². The molecule has 0 amide bonds. The third-order valence-corrected chi connectivity index (χ3v) is 12.9. The van der Waals surface area contributed by atoms with Gasteiger partial charge in [0.25, 0.3) is 0 Å². The van der Waals surface area contributed by atoms with Gasteiger partial charge in [0, 0.05) is 0 Å². The third-order valence-electron chi connectivity index (χ3n) is 12.9. The molecule has 0 aromatic carbocycles. The van der Waals surface area contributed by atoms with Gasteiger partial charge in [-0.05, 0) is 0 Å². The molecule has 25 atom stereocenters. The molecule has 6 fully saturated rings. The van der Waals surface area contributed by atoms with Gasteiger partial charge in [-0.15, -0.1) is 0 Å². The van der Waals surface area contributed by atoms with Crippen molar-refractivity contribution in [1.29, 1.82) is 0 Å². The van der Waals surface area contributed by atoms with E-state index in [1.165, 1.54) is 0 Å². The van der Waals surface area contributed by atoms with Crippen LogP contribution in [0, 0.1) is 0 Å². The summed E-state index contributed by atoms with van der Waals surface area (Å²) in [5, 5.41) is 210. The van der Waals surface area contributed by atoms with Crippen molar-refractivity contribution in [2.24, 2.45) is 0 Å². The van der Waals surface area contributed by atoms with Gasteiger partial charge in [0.15, 0.2) is 6.29 Å². The van der Waals surface area contributed by atoms with E-state index in [1.54, 1.807) is 0 Å². The zero-order valence-corrected chi connectivity index (χ0v) is 35.3. The van der Waals surface area contributed by atoms with Crippen molar-refractivity contribution in [2.45, 2.75) is 151 Å². The molecule has 6 heterocycles. The fourth-order valence-corrected chi connectivity index (χ4v) is 8.67. The lowest BCUT2D eigenvalue weighted by Gasteiger charge is -2.44. The molecule has 20 N–H and O–H groups in total. The molecular formula is C36H62O31. The van der Waals surface area contributed by atoms with Crippen molar-refractivity contribution in [2.75, 3.05) is 72.7 Å². The van der Waals surface area contributed by atoms with Gasteiger partial charge in [0.2, 0.25) is 28.9 Å². The SMILES string of the molecule is OCC1OC(OC2(COC3(COC4(CO)OC(CO)C(O)C4O)OC(CO)C(O)C3O)OC(COC3(CO)OC(COC4(CO)OC(CO)C(O)C4O)C(O)C3O)C(O)C2O)C(O)C(O)C1O. The predicted molar refractivity (Wildman–Crippen MR) is 199 cm³/mol. The molecule has 6 aliphatic rings. The van der Waals surface area contributed by atoms with Crippen molar-refractivity contribution >= 4 is 0 Å². The van der Waals surface area contributed by atoms with Crippen LogP contribution in [0.5, 0.6) is 0 Å². The average Bonchev–Trinajstić information content (AvgIpc) is 4.00. The second-order valence-corrected chi connectivity index (χ2v) is 17.1. The molecule has 0 aliphatic carbocycles. The molecule has 0 aromatic heterocycles. The van der Waals surface area contributed by atoms with Gasteiger partial charge in [-0.1, -0.05) is 0 Å². The number of rotatable bonds is 21. The Morgan fingerprint density at radius 3 is 1.03 bits per heavy atom. The fourth-order valence-electron chi connectivity index (χ4n) is 8.67. The van der Waals surface area contributed by atoms with Crippen LogP contribution in [0.15, 0.2) is 0 Å². The van der Waals surface area contributed by atoms with E-state index < -0.39 is 224 Å². The molecule has 0 saturated carbocycles. The van der Waals surface area contributed by atoms with E-state index in [0.717, 1.165) is 0 Å². The lowest BCUT2D eigenvalue weighted by molar-refractivity contribution is -0.405. The first-order valence-electron chi connectivity index (χ1n) is 21.0. The van der Waals surface area contributed by atoms with E-state index in [-0.39, 0.29) is 0 Å². The van der Waals surface area contributed by atoms with E-state index in [1.807, 2.05) is 0 Å². The minimum absolute atomic E-state index is 0.806. The van der Waals surface area contributed by atoms with Gasteiger partial charge >= 0.3 is 0 Å². The normalized spacial score (nSPS) is 52.5. The summed E-state index contributed by atoms with van der Waals surface area (Å²) >= 11 is 0. The maximum absolute atomic E-state index is 11.7. The minimum Gasteiger partial charge on any atom is -0.394 e. The zero-order chi connectivity index (χ0) is 49.6. The summed E-state index contributed by atoms with van der Waals surface area (Å²) < 4.78 is 61.8. The second kappa shape index (κ2) is 21.5. The monoisotopic (exact) mass is 990 g/mol. The molecule has 6 aliphatic heterocycles. The Balaban J connectivity index is 1.26. The summed E-state index contributed by atoms with van der Waals surface area (Å²) in [5.41, 5.74) is 0. The average molecular weight is 991 g/mol. The highest BCUT2D eigenvalue weighted by Crippen LogP contribution is 2.43. The lowest BCUT2D eigenvalue weighted by atomic mass is 9.99. The van der Waals surface area contributed by atoms with E-state index in [0.29, 0.717) is 0 Å². The van der Waals surface area contributed by atoms with Crippen LogP contribution >= 0.6 is 0 Å². The van der Waals surface area contributed by atoms with E-state index in [9.17, 15) is 102 Å². The van der Waals surface area contributed by atoms with Crippen molar-refractivity contribution in [3.63, 3.8) is 0 Å². The van der Waals surface area contributed by atoms with Crippen LogP contribution in [0.25, 0.3) is 0 Å². The Hall–Kier alpha value is -1.24. The van der Waals surface area contributed by atoms with Crippen molar-refractivity contribution < 1.29 is 154 Å². The molecule has 31 heteroatoms. The molecule has 6 rings (SSSR count). The van der Waals surface area contributed by atoms with Crippen molar-refractivity contribution in [3.05, 3.63) is 0 Å². The third kappa shape index (κ3) is 9.75. The number of hydrogen-bond donors (Lipinski definition) is 20. The highest BCUT2D eigenvalue weighted by atomic mass is 16.8. The molecule has 0 spiro atoms. The molecule has 6 saturated heterocycles. The van der Waals surface area contributed by atoms with Crippen LogP contribution < -0.4 is 0 Å². The minimum atomic E-state index is -2.98. The van der Waals surface area contributed by atoms with Gasteiger partial charge in [-0.3, -0.25) is 0 Å². The van der Waals surface area contributed by atoms with Crippen molar-refractivity contribution in [1.82, 2.24) is 0 Å². The Morgan fingerprint density at radius 2 is 0.627 bits per heavy atom. The maximum Gasteiger partial charge on any atom is 0.224 e. The lowest BCUT2D eigenvalue weighted by Crippen LogP contribution is -2.63. The van der Waals surface area contributed by atoms with E-state index in [4.69, 9.17) is 52.1 Å². The highest BCUT2D eigenvalue weighted by Gasteiger charge is 2.65. The predicted octanol–water partition coefficient (Wildman–Crippen LogP) is -14.1. The summed E-state index contributed by atoms with van der Waals surface area (Å²) in [6.07, 6.45) is -39.2. The standard InChI is InChI=1S/C36H62O31/c37-1-12-18(44)24(50)25(51)31(61-12)67-36(11-60-35(29(55)21(47)15(4-40)64-35)10-59-34(9-43)27(53)20(46)14(3-39)63-34)30(56)23(49)17(66-36)6-58-33(8-42)28(54)22(48)16(65-33)5-57-32(7-41)26(52)19(45)13(2-38)62-32/h12-31,37-56H,1-11H2. The van der Waals surface area contributed by atoms with E-state index >= 15 is 0 Å². The molecule has 0 bridgehead atoms. The van der Waals surface area contributed by atoms with Crippen LogP contribution in [-0.4, -0.2) is 326 Å². The fraction of sp³-hybridized carbons (Fsp3) is 1.00. The Kier molecular flexibility index (Phi) is 17.6. The summed E-state index contributed by atoms with van der Waals surface area (Å²) in [6, 6.07) is 0. The van der Waals surface area contributed by atoms with Gasteiger partial charge in [-0.2, -0.15) is 0 Å².